The molecule has 0 amide bonds. The van der Waals surface area contributed by atoms with E-state index in [2.05, 4.69) is 35.8 Å². The first kappa shape index (κ1) is 15.6. The Labute approximate surface area is 119 Å². The van der Waals surface area contributed by atoms with Gasteiger partial charge in [0.1, 0.15) is 5.54 Å². The largest absolute Gasteiger partial charge is 0.300 e. The first-order valence-corrected chi connectivity index (χ1v) is 8.39. The van der Waals surface area contributed by atoms with Gasteiger partial charge in [0.15, 0.2) is 0 Å². The van der Waals surface area contributed by atoms with Crippen molar-refractivity contribution < 1.29 is 0 Å². The van der Waals surface area contributed by atoms with Crippen LogP contribution in [0.3, 0.4) is 0 Å². The van der Waals surface area contributed by atoms with Gasteiger partial charge in [0, 0.05) is 0 Å². The molecule has 1 rings (SSSR count). The fourth-order valence-corrected chi connectivity index (χ4v) is 3.55. The van der Waals surface area contributed by atoms with Gasteiger partial charge in [0.05, 0.1) is 10.3 Å². The van der Waals surface area contributed by atoms with Gasteiger partial charge in [-0.05, 0) is 56.4 Å². The fourth-order valence-electron chi connectivity index (χ4n) is 1.68. The van der Waals surface area contributed by atoms with Crippen LogP contribution in [0, 0.1) is 11.3 Å². The SMILES string of the molecule is CCCNC(C)(C#N)CCCCSc1cccs1. The highest BCUT2D eigenvalue weighted by molar-refractivity contribution is 8.01. The van der Waals surface area contributed by atoms with Crippen molar-refractivity contribution in [3.8, 4) is 6.07 Å². The zero-order valence-corrected chi connectivity index (χ0v) is 12.9. The van der Waals surface area contributed by atoms with Crippen molar-refractivity contribution in [1.82, 2.24) is 5.32 Å². The Hall–Kier alpha value is -0.500. The highest BCUT2D eigenvalue weighted by Gasteiger charge is 2.21. The number of rotatable bonds is 9. The molecule has 0 spiro atoms. The van der Waals surface area contributed by atoms with E-state index in [1.807, 2.05) is 18.7 Å². The molecule has 1 unspecified atom stereocenters. The Morgan fingerprint density at radius 1 is 1.50 bits per heavy atom. The molecule has 18 heavy (non-hydrogen) atoms. The lowest BCUT2D eigenvalue weighted by atomic mass is 9.96. The van der Waals surface area contributed by atoms with Crippen molar-refractivity contribution in [2.24, 2.45) is 0 Å². The van der Waals surface area contributed by atoms with Crippen LogP contribution in [0.2, 0.25) is 0 Å². The third-order valence-electron chi connectivity index (χ3n) is 2.82. The Balaban J connectivity index is 2.13. The highest BCUT2D eigenvalue weighted by Crippen LogP contribution is 2.25. The van der Waals surface area contributed by atoms with Crippen molar-refractivity contribution in [2.45, 2.75) is 49.3 Å². The summed E-state index contributed by atoms with van der Waals surface area (Å²) in [5.41, 5.74) is -0.344. The number of thiophene rings is 1. The summed E-state index contributed by atoms with van der Waals surface area (Å²) in [6.07, 6.45) is 4.30. The van der Waals surface area contributed by atoms with Gasteiger partial charge >= 0.3 is 0 Å². The van der Waals surface area contributed by atoms with Gasteiger partial charge in [-0.2, -0.15) is 5.26 Å². The Morgan fingerprint density at radius 3 is 2.94 bits per heavy atom. The molecule has 1 atom stereocenters. The normalized spacial score (nSPS) is 14.1. The number of hydrogen-bond donors (Lipinski definition) is 1. The molecule has 1 aromatic heterocycles. The van der Waals surface area contributed by atoms with Gasteiger partial charge in [0.25, 0.3) is 0 Å². The first-order valence-electron chi connectivity index (χ1n) is 6.53. The molecule has 0 radical (unpaired) electrons. The molecular weight excluding hydrogens is 260 g/mol. The highest BCUT2D eigenvalue weighted by atomic mass is 32.2. The fraction of sp³-hybridized carbons (Fsp3) is 0.643. The van der Waals surface area contributed by atoms with Crippen LogP contribution in [-0.2, 0) is 0 Å². The van der Waals surface area contributed by atoms with Gasteiger partial charge in [0.2, 0.25) is 0 Å². The average Bonchev–Trinajstić information content (AvgIpc) is 2.89. The van der Waals surface area contributed by atoms with E-state index in [1.165, 1.54) is 10.6 Å². The maximum absolute atomic E-state index is 9.20. The molecule has 0 bridgehead atoms. The Kier molecular flexibility index (Phi) is 7.41. The summed E-state index contributed by atoms with van der Waals surface area (Å²) >= 11 is 3.72. The van der Waals surface area contributed by atoms with Crippen LogP contribution in [0.5, 0.6) is 0 Å². The smallest absolute Gasteiger partial charge is 0.103 e. The molecular formula is C14H22N2S2. The summed E-state index contributed by atoms with van der Waals surface area (Å²) in [6, 6.07) is 6.66. The molecule has 0 aliphatic rings. The van der Waals surface area contributed by atoms with Crippen LogP contribution >= 0.6 is 23.1 Å². The number of hydrogen-bond acceptors (Lipinski definition) is 4. The second-order valence-corrected chi connectivity index (χ2v) is 6.95. The Morgan fingerprint density at radius 2 is 2.33 bits per heavy atom. The van der Waals surface area contributed by atoms with Crippen molar-refractivity contribution >= 4 is 23.1 Å². The summed E-state index contributed by atoms with van der Waals surface area (Å²) in [5.74, 6) is 1.15. The minimum Gasteiger partial charge on any atom is -0.300 e. The number of nitrogens with one attached hydrogen (secondary N) is 1. The molecule has 1 heterocycles. The summed E-state index contributed by atoms with van der Waals surface area (Å²) < 4.78 is 1.39. The number of nitrogens with zero attached hydrogens (tertiary/aromatic N) is 1. The lowest BCUT2D eigenvalue weighted by molar-refractivity contribution is 0.406. The maximum atomic E-state index is 9.20. The molecule has 2 nitrogen and oxygen atoms in total. The van der Waals surface area contributed by atoms with Crippen molar-refractivity contribution in [3.63, 3.8) is 0 Å². The molecule has 4 heteroatoms. The van der Waals surface area contributed by atoms with E-state index >= 15 is 0 Å². The van der Waals surface area contributed by atoms with Crippen LogP contribution in [-0.4, -0.2) is 17.8 Å². The minimum atomic E-state index is -0.344. The lowest BCUT2D eigenvalue weighted by Crippen LogP contribution is -2.41. The van der Waals surface area contributed by atoms with E-state index < -0.39 is 0 Å². The molecule has 0 fully saturated rings. The quantitative estimate of drug-likeness (QED) is 0.542. The average molecular weight is 282 g/mol. The molecule has 0 aliphatic heterocycles. The Bertz CT molecular complexity index is 356. The van der Waals surface area contributed by atoms with Crippen LogP contribution in [0.25, 0.3) is 0 Å². The molecule has 0 aliphatic carbocycles. The molecule has 100 valence electrons. The third-order valence-corrected chi connectivity index (χ3v) is 5.04. The number of unbranched alkanes of at least 4 members (excludes halogenated alkanes) is 1. The maximum Gasteiger partial charge on any atom is 0.103 e. The van der Waals surface area contributed by atoms with Gasteiger partial charge in [-0.15, -0.1) is 23.1 Å². The summed E-state index contributed by atoms with van der Waals surface area (Å²) in [7, 11) is 0. The van der Waals surface area contributed by atoms with Crippen LogP contribution < -0.4 is 5.32 Å². The van der Waals surface area contributed by atoms with E-state index in [1.54, 1.807) is 11.3 Å². The molecule has 1 N–H and O–H groups in total. The summed E-state index contributed by atoms with van der Waals surface area (Å²) in [5, 5.41) is 14.7. The zero-order chi connectivity index (χ0) is 13.3. The van der Waals surface area contributed by atoms with Crippen LogP contribution in [0.1, 0.15) is 39.5 Å². The van der Waals surface area contributed by atoms with E-state index in [0.29, 0.717) is 0 Å². The van der Waals surface area contributed by atoms with Gasteiger partial charge < -0.3 is 0 Å². The minimum absolute atomic E-state index is 0.344. The second-order valence-electron chi connectivity index (χ2n) is 4.61. The molecule has 0 aromatic carbocycles. The van der Waals surface area contributed by atoms with Crippen LogP contribution in [0.15, 0.2) is 21.7 Å². The van der Waals surface area contributed by atoms with Crippen molar-refractivity contribution in [3.05, 3.63) is 17.5 Å². The standard InChI is InChI=1S/C14H22N2S2/c1-3-9-16-14(2,12-15)8-4-5-10-17-13-7-6-11-18-13/h6-7,11,16H,3-5,8-10H2,1-2H3. The predicted molar refractivity (Wildman–Crippen MR) is 81.2 cm³/mol. The van der Waals surface area contributed by atoms with E-state index in [4.69, 9.17) is 0 Å². The molecule has 0 saturated heterocycles. The number of nitriles is 1. The van der Waals surface area contributed by atoms with Crippen LogP contribution in [0.4, 0.5) is 0 Å². The predicted octanol–water partition coefficient (Wildman–Crippen LogP) is 4.29. The topological polar surface area (TPSA) is 35.8 Å². The van der Waals surface area contributed by atoms with Gasteiger partial charge in [-0.3, -0.25) is 5.32 Å². The summed E-state index contributed by atoms with van der Waals surface area (Å²) in [4.78, 5) is 0. The molecule has 0 saturated carbocycles. The monoisotopic (exact) mass is 282 g/mol. The van der Waals surface area contributed by atoms with Crippen molar-refractivity contribution in [2.75, 3.05) is 12.3 Å². The van der Waals surface area contributed by atoms with Gasteiger partial charge in [-0.25, -0.2) is 0 Å². The third kappa shape index (κ3) is 5.90. The van der Waals surface area contributed by atoms with E-state index in [9.17, 15) is 5.26 Å². The first-order chi connectivity index (χ1) is 8.70. The summed E-state index contributed by atoms with van der Waals surface area (Å²) in [6.45, 7) is 5.06. The van der Waals surface area contributed by atoms with E-state index in [0.717, 1.165) is 31.6 Å². The molecule has 1 aromatic rings. The van der Waals surface area contributed by atoms with Gasteiger partial charge in [-0.1, -0.05) is 13.0 Å². The van der Waals surface area contributed by atoms with Crippen molar-refractivity contribution in [1.29, 1.82) is 5.26 Å². The number of thioether (sulfide) groups is 1. The lowest BCUT2D eigenvalue weighted by Gasteiger charge is -2.22. The second kappa shape index (κ2) is 8.58. The van der Waals surface area contributed by atoms with E-state index in [-0.39, 0.29) is 5.54 Å². The zero-order valence-electron chi connectivity index (χ0n) is 11.2.